The van der Waals surface area contributed by atoms with Crippen molar-refractivity contribution >= 4 is 27.3 Å². The molecule has 0 amide bonds. The standard InChI is InChI=1S/C16H19BrFNS/c1-16(2,3)14-8-7-13(20-14)15(19-4)11-6-5-10(18)9-12(11)17/h5-9,15,19H,1-4H3. The van der Waals surface area contributed by atoms with Gasteiger partial charge in [-0.3, -0.25) is 0 Å². The summed E-state index contributed by atoms with van der Waals surface area (Å²) in [6, 6.07) is 9.26. The van der Waals surface area contributed by atoms with E-state index in [1.165, 1.54) is 21.9 Å². The van der Waals surface area contributed by atoms with Crippen LogP contribution in [0.15, 0.2) is 34.8 Å². The summed E-state index contributed by atoms with van der Waals surface area (Å²) in [6.07, 6.45) is 0. The molecule has 0 fully saturated rings. The molecule has 2 aromatic rings. The molecule has 2 rings (SSSR count). The molecule has 108 valence electrons. The number of nitrogens with one attached hydrogen (secondary N) is 1. The van der Waals surface area contributed by atoms with Crippen LogP contribution in [0.5, 0.6) is 0 Å². The lowest BCUT2D eigenvalue weighted by atomic mass is 9.95. The molecule has 0 aliphatic rings. The molecule has 0 spiro atoms. The molecule has 1 N–H and O–H groups in total. The first-order valence-electron chi connectivity index (χ1n) is 6.55. The van der Waals surface area contributed by atoms with E-state index in [0.29, 0.717) is 0 Å². The summed E-state index contributed by atoms with van der Waals surface area (Å²) in [4.78, 5) is 2.59. The molecule has 0 bridgehead atoms. The van der Waals surface area contributed by atoms with Gasteiger partial charge in [0.2, 0.25) is 0 Å². The Morgan fingerprint density at radius 2 is 1.90 bits per heavy atom. The minimum atomic E-state index is -0.225. The molecule has 0 saturated heterocycles. The number of halogens is 2. The summed E-state index contributed by atoms with van der Waals surface area (Å²) in [5.74, 6) is -0.225. The summed E-state index contributed by atoms with van der Waals surface area (Å²) >= 11 is 5.26. The zero-order chi connectivity index (χ0) is 14.9. The van der Waals surface area contributed by atoms with Gasteiger partial charge in [0, 0.05) is 14.2 Å². The third-order valence-electron chi connectivity index (χ3n) is 3.21. The fourth-order valence-corrected chi connectivity index (χ4v) is 3.87. The second kappa shape index (κ2) is 5.96. The van der Waals surface area contributed by atoms with Gasteiger partial charge in [-0.1, -0.05) is 42.8 Å². The van der Waals surface area contributed by atoms with Crippen LogP contribution in [0.1, 0.15) is 42.1 Å². The van der Waals surface area contributed by atoms with Gasteiger partial charge >= 0.3 is 0 Å². The molecular weight excluding hydrogens is 337 g/mol. The molecule has 0 saturated carbocycles. The molecule has 0 aliphatic carbocycles. The molecule has 1 aromatic heterocycles. The number of hydrogen-bond donors (Lipinski definition) is 1. The average molecular weight is 356 g/mol. The number of hydrogen-bond acceptors (Lipinski definition) is 2. The number of thiophene rings is 1. The summed E-state index contributed by atoms with van der Waals surface area (Å²) in [6.45, 7) is 6.64. The largest absolute Gasteiger partial charge is 0.309 e. The maximum Gasteiger partial charge on any atom is 0.124 e. The summed E-state index contributed by atoms with van der Waals surface area (Å²) in [5, 5.41) is 3.32. The van der Waals surface area contributed by atoms with Crippen molar-refractivity contribution in [3.63, 3.8) is 0 Å². The van der Waals surface area contributed by atoms with Gasteiger partial charge in [0.1, 0.15) is 5.82 Å². The van der Waals surface area contributed by atoms with Gasteiger partial charge in [-0.2, -0.15) is 0 Å². The van der Waals surface area contributed by atoms with Crippen LogP contribution in [0.2, 0.25) is 0 Å². The normalized spacial score (nSPS) is 13.5. The van der Waals surface area contributed by atoms with E-state index in [1.807, 2.05) is 13.1 Å². The van der Waals surface area contributed by atoms with E-state index in [0.717, 1.165) is 10.0 Å². The predicted molar refractivity (Wildman–Crippen MR) is 88.0 cm³/mol. The predicted octanol–water partition coefficient (Wildman–Crippen LogP) is 5.26. The molecule has 1 aromatic carbocycles. The maximum absolute atomic E-state index is 13.2. The van der Waals surface area contributed by atoms with Crippen molar-refractivity contribution in [3.8, 4) is 0 Å². The smallest absolute Gasteiger partial charge is 0.124 e. The SMILES string of the molecule is CNC(c1ccc(C(C)(C)C)s1)c1ccc(F)cc1Br. The quantitative estimate of drug-likeness (QED) is 0.791. The topological polar surface area (TPSA) is 12.0 Å². The average Bonchev–Trinajstić information content (AvgIpc) is 2.82. The van der Waals surface area contributed by atoms with Crippen molar-refractivity contribution < 1.29 is 4.39 Å². The van der Waals surface area contributed by atoms with Gasteiger partial charge in [-0.15, -0.1) is 11.3 Å². The van der Waals surface area contributed by atoms with E-state index < -0.39 is 0 Å². The van der Waals surface area contributed by atoms with Gasteiger partial charge < -0.3 is 5.32 Å². The van der Waals surface area contributed by atoms with Crippen molar-refractivity contribution in [1.29, 1.82) is 0 Å². The monoisotopic (exact) mass is 355 g/mol. The molecule has 1 atom stereocenters. The third kappa shape index (κ3) is 3.30. The Labute approximate surface area is 132 Å². The van der Waals surface area contributed by atoms with Crippen LogP contribution in [0.4, 0.5) is 4.39 Å². The first-order chi connectivity index (χ1) is 9.32. The van der Waals surface area contributed by atoms with Crippen molar-refractivity contribution in [2.75, 3.05) is 7.05 Å². The highest BCUT2D eigenvalue weighted by molar-refractivity contribution is 9.10. The van der Waals surface area contributed by atoms with Gasteiger partial charge in [-0.05, 0) is 42.3 Å². The Balaban J connectivity index is 2.40. The summed E-state index contributed by atoms with van der Waals surface area (Å²) in [5.41, 5.74) is 1.21. The highest BCUT2D eigenvalue weighted by Gasteiger charge is 2.21. The van der Waals surface area contributed by atoms with E-state index in [4.69, 9.17) is 0 Å². The minimum absolute atomic E-state index is 0.0751. The van der Waals surface area contributed by atoms with Gasteiger partial charge in [0.25, 0.3) is 0 Å². The highest BCUT2D eigenvalue weighted by atomic mass is 79.9. The van der Waals surface area contributed by atoms with Crippen molar-refractivity contribution in [2.24, 2.45) is 0 Å². The van der Waals surface area contributed by atoms with E-state index in [2.05, 4.69) is 54.2 Å². The second-order valence-corrected chi connectivity index (χ2v) is 7.81. The van der Waals surface area contributed by atoms with Crippen LogP contribution in [0.3, 0.4) is 0 Å². The third-order valence-corrected chi connectivity index (χ3v) is 5.48. The molecule has 1 heterocycles. The van der Waals surface area contributed by atoms with Crippen LogP contribution in [-0.2, 0) is 5.41 Å². The molecular formula is C16H19BrFNS. The Kier molecular flexibility index (Phi) is 4.67. The summed E-state index contributed by atoms with van der Waals surface area (Å²) < 4.78 is 14.0. The second-order valence-electron chi connectivity index (χ2n) is 5.84. The maximum atomic E-state index is 13.2. The Bertz CT molecular complexity index is 601. The van der Waals surface area contributed by atoms with Crippen molar-refractivity contribution in [1.82, 2.24) is 5.32 Å². The first kappa shape index (κ1) is 15.7. The molecule has 0 radical (unpaired) electrons. The highest BCUT2D eigenvalue weighted by Crippen LogP contribution is 2.36. The minimum Gasteiger partial charge on any atom is -0.309 e. The lowest BCUT2D eigenvalue weighted by molar-refractivity contribution is 0.604. The lowest BCUT2D eigenvalue weighted by Gasteiger charge is -2.18. The van der Waals surface area contributed by atoms with Gasteiger partial charge in [0.05, 0.1) is 6.04 Å². The van der Waals surface area contributed by atoms with Crippen LogP contribution in [0, 0.1) is 5.82 Å². The molecule has 20 heavy (non-hydrogen) atoms. The van der Waals surface area contributed by atoms with Crippen LogP contribution in [-0.4, -0.2) is 7.05 Å². The van der Waals surface area contributed by atoms with Crippen LogP contribution >= 0.6 is 27.3 Å². The number of benzene rings is 1. The lowest BCUT2D eigenvalue weighted by Crippen LogP contribution is -2.17. The van der Waals surface area contributed by atoms with E-state index in [9.17, 15) is 4.39 Å². The zero-order valence-electron chi connectivity index (χ0n) is 12.1. The molecule has 4 heteroatoms. The van der Waals surface area contributed by atoms with Gasteiger partial charge in [0.15, 0.2) is 0 Å². The Hall–Kier alpha value is -0.710. The Morgan fingerprint density at radius 1 is 1.20 bits per heavy atom. The van der Waals surface area contributed by atoms with E-state index in [-0.39, 0.29) is 17.3 Å². The van der Waals surface area contributed by atoms with Crippen LogP contribution in [0.25, 0.3) is 0 Å². The molecule has 0 aliphatic heterocycles. The fourth-order valence-electron chi connectivity index (χ4n) is 2.10. The van der Waals surface area contributed by atoms with Crippen LogP contribution < -0.4 is 5.32 Å². The van der Waals surface area contributed by atoms with E-state index >= 15 is 0 Å². The van der Waals surface area contributed by atoms with Crippen molar-refractivity contribution in [3.05, 3.63) is 55.9 Å². The zero-order valence-corrected chi connectivity index (χ0v) is 14.5. The van der Waals surface area contributed by atoms with Gasteiger partial charge in [-0.25, -0.2) is 4.39 Å². The molecule has 1 unspecified atom stereocenters. The van der Waals surface area contributed by atoms with Crippen molar-refractivity contribution in [2.45, 2.75) is 32.2 Å². The number of rotatable bonds is 3. The summed E-state index contributed by atoms with van der Waals surface area (Å²) in [7, 11) is 1.93. The molecule has 1 nitrogen and oxygen atoms in total. The van der Waals surface area contributed by atoms with E-state index in [1.54, 1.807) is 11.3 Å². The Morgan fingerprint density at radius 3 is 2.40 bits per heavy atom. The first-order valence-corrected chi connectivity index (χ1v) is 8.16. The fraction of sp³-hybridized carbons (Fsp3) is 0.375.